The van der Waals surface area contributed by atoms with E-state index in [1.165, 1.54) is 6.42 Å². The van der Waals surface area contributed by atoms with Gasteiger partial charge in [-0.3, -0.25) is 9.59 Å². The molecule has 1 fully saturated rings. The molecule has 1 atom stereocenters. The van der Waals surface area contributed by atoms with Gasteiger partial charge in [0.15, 0.2) is 6.61 Å². The van der Waals surface area contributed by atoms with Crippen molar-refractivity contribution in [2.75, 3.05) is 6.61 Å². The van der Waals surface area contributed by atoms with Gasteiger partial charge in [0.2, 0.25) is 5.91 Å². The molecule has 1 saturated carbocycles. The third-order valence-electron chi connectivity index (χ3n) is 5.84. The van der Waals surface area contributed by atoms with Gasteiger partial charge in [-0.05, 0) is 50.5 Å². The number of carbonyl (C=O) groups is 2. The second-order valence-corrected chi connectivity index (χ2v) is 9.71. The molecule has 0 aromatic heterocycles. The first-order valence-electron chi connectivity index (χ1n) is 11.1. The van der Waals surface area contributed by atoms with Crippen LogP contribution in [0.3, 0.4) is 0 Å². The quantitative estimate of drug-likeness (QED) is 0.488. The molecule has 0 bridgehead atoms. The normalized spacial score (nSPS) is 15.1. The van der Waals surface area contributed by atoms with Crippen LogP contribution < -0.4 is 10.1 Å². The summed E-state index contributed by atoms with van der Waals surface area (Å²) in [4.78, 5) is 27.7. The van der Waals surface area contributed by atoms with Crippen LogP contribution in [-0.4, -0.2) is 35.4 Å². The molecule has 3 rings (SSSR count). The fourth-order valence-electron chi connectivity index (χ4n) is 3.86. The molecular formula is C25H30BrClN2O3. The summed E-state index contributed by atoms with van der Waals surface area (Å²) in [5.41, 5.74) is 2.10. The minimum absolute atomic E-state index is 0.126. The topological polar surface area (TPSA) is 58.6 Å². The predicted octanol–water partition coefficient (Wildman–Crippen LogP) is 5.66. The Morgan fingerprint density at radius 1 is 1.16 bits per heavy atom. The molecule has 0 saturated heterocycles. The maximum Gasteiger partial charge on any atom is 0.261 e. The second-order valence-electron chi connectivity index (χ2n) is 8.39. The van der Waals surface area contributed by atoms with E-state index >= 15 is 0 Å². The molecule has 0 aliphatic heterocycles. The van der Waals surface area contributed by atoms with Crippen LogP contribution in [0.2, 0.25) is 5.02 Å². The average Bonchev–Trinajstić information content (AvgIpc) is 2.78. The molecule has 172 valence electrons. The van der Waals surface area contributed by atoms with Gasteiger partial charge in [0.05, 0.1) is 5.02 Å². The molecule has 2 aromatic rings. The molecular weight excluding hydrogens is 492 g/mol. The Morgan fingerprint density at radius 3 is 2.50 bits per heavy atom. The van der Waals surface area contributed by atoms with Crippen LogP contribution in [0.5, 0.6) is 5.75 Å². The van der Waals surface area contributed by atoms with E-state index in [0.29, 0.717) is 17.3 Å². The third kappa shape index (κ3) is 6.97. The lowest BCUT2D eigenvalue weighted by Crippen LogP contribution is -2.51. The highest BCUT2D eigenvalue weighted by Crippen LogP contribution is 2.28. The van der Waals surface area contributed by atoms with Gasteiger partial charge >= 0.3 is 0 Å². The molecule has 0 heterocycles. The standard InChI is InChI=1S/C25H30BrClN2O3/c1-17-8-10-19(11-9-17)15-29(18(2)25(31)28-21-6-4-3-5-7-21)24(30)16-32-23-13-12-20(26)14-22(23)27/h8-14,18,21H,3-7,15-16H2,1-2H3,(H,28,31)/t18-/m0/s1. The Balaban J connectivity index is 1.71. The lowest BCUT2D eigenvalue weighted by Gasteiger charge is -2.31. The zero-order valence-electron chi connectivity index (χ0n) is 18.6. The number of ether oxygens (including phenoxy) is 1. The van der Waals surface area contributed by atoms with Crippen molar-refractivity contribution in [2.45, 2.75) is 64.6 Å². The molecule has 32 heavy (non-hydrogen) atoms. The monoisotopic (exact) mass is 520 g/mol. The van der Waals surface area contributed by atoms with Crippen molar-refractivity contribution in [3.8, 4) is 5.75 Å². The van der Waals surface area contributed by atoms with Crippen molar-refractivity contribution in [2.24, 2.45) is 0 Å². The van der Waals surface area contributed by atoms with Crippen LogP contribution in [0.1, 0.15) is 50.2 Å². The Bertz CT molecular complexity index is 929. The van der Waals surface area contributed by atoms with Crippen LogP contribution in [0.25, 0.3) is 0 Å². The summed E-state index contributed by atoms with van der Waals surface area (Å²) in [6.45, 7) is 3.92. The van der Waals surface area contributed by atoms with Crippen molar-refractivity contribution < 1.29 is 14.3 Å². The number of hydrogen-bond donors (Lipinski definition) is 1. The number of amides is 2. The molecule has 0 spiro atoms. The second kappa shape index (κ2) is 11.7. The number of rotatable bonds is 8. The van der Waals surface area contributed by atoms with E-state index in [0.717, 1.165) is 41.3 Å². The van der Waals surface area contributed by atoms with Crippen molar-refractivity contribution in [1.82, 2.24) is 10.2 Å². The summed E-state index contributed by atoms with van der Waals surface area (Å²) in [6, 6.07) is 12.8. The molecule has 1 aliphatic carbocycles. The molecule has 2 aromatic carbocycles. The highest BCUT2D eigenvalue weighted by molar-refractivity contribution is 9.10. The fraction of sp³-hybridized carbons (Fsp3) is 0.440. The van der Waals surface area contributed by atoms with Crippen molar-refractivity contribution in [3.63, 3.8) is 0 Å². The predicted molar refractivity (Wildman–Crippen MR) is 131 cm³/mol. The average molecular weight is 522 g/mol. The van der Waals surface area contributed by atoms with Crippen LogP contribution in [0, 0.1) is 6.92 Å². The minimum atomic E-state index is -0.616. The molecule has 0 radical (unpaired) electrons. The van der Waals surface area contributed by atoms with Gasteiger partial charge in [0, 0.05) is 17.1 Å². The first-order valence-corrected chi connectivity index (χ1v) is 12.2. The molecule has 1 aliphatic rings. The molecule has 2 amide bonds. The van der Waals surface area contributed by atoms with Gasteiger partial charge in [-0.25, -0.2) is 0 Å². The highest BCUT2D eigenvalue weighted by Gasteiger charge is 2.28. The first-order chi connectivity index (χ1) is 15.3. The summed E-state index contributed by atoms with van der Waals surface area (Å²) >= 11 is 9.57. The molecule has 7 heteroatoms. The van der Waals surface area contributed by atoms with Crippen LogP contribution in [0.4, 0.5) is 0 Å². The van der Waals surface area contributed by atoms with Gasteiger partial charge in [0.25, 0.3) is 5.91 Å². The maximum absolute atomic E-state index is 13.2. The van der Waals surface area contributed by atoms with E-state index in [1.54, 1.807) is 30.0 Å². The molecule has 0 unspecified atom stereocenters. The van der Waals surface area contributed by atoms with Gasteiger partial charge < -0.3 is 15.0 Å². The number of nitrogens with one attached hydrogen (secondary N) is 1. The van der Waals surface area contributed by atoms with Gasteiger partial charge in [-0.1, -0.05) is 76.6 Å². The number of carbonyl (C=O) groups excluding carboxylic acids is 2. The maximum atomic E-state index is 13.2. The Morgan fingerprint density at radius 2 is 1.84 bits per heavy atom. The molecule has 1 N–H and O–H groups in total. The van der Waals surface area contributed by atoms with E-state index in [1.807, 2.05) is 31.2 Å². The molecule has 5 nitrogen and oxygen atoms in total. The Hall–Kier alpha value is -2.05. The van der Waals surface area contributed by atoms with Crippen LogP contribution >= 0.6 is 27.5 Å². The van der Waals surface area contributed by atoms with E-state index in [2.05, 4.69) is 21.2 Å². The highest BCUT2D eigenvalue weighted by atomic mass is 79.9. The van der Waals surface area contributed by atoms with Crippen molar-refractivity contribution in [3.05, 3.63) is 63.1 Å². The zero-order chi connectivity index (χ0) is 23.1. The van der Waals surface area contributed by atoms with Gasteiger partial charge in [0.1, 0.15) is 11.8 Å². The van der Waals surface area contributed by atoms with E-state index in [4.69, 9.17) is 16.3 Å². The SMILES string of the molecule is Cc1ccc(CN(C(=O)COc2ccc(Br)cc2Cl)[C@@H](C)C(=O)NC2CCCCC2)cc1. The summed E-state index contributed by atoms with van der Waals surface area (Å²) in [7, 11) is 0. The summed E-state index contributed by atoms with van der Waals surface area (Å²) in [5.74, 6) is 0.0349. The number of hydrogen-bond acceptors (Lipinski definition) is 3. The minimum Gasteiger partial charge on any atom is -0.482 e. The zero-order valence-corrected chi connectivity index (χ0v) is 20.9. The van der Waals surface area contributed by atoms with E-state index in [9.17, 15) is 9.59 Å². The van der Waals surface area contributed by atoms with Crippen LogP contribution in [-0.2, 0) is 16.1 Å². The van der Waals surface area contributed by atoms with Crippen molar-refractivity contribution in [1.29, 1.82) is 0 Å². The van der Waals surface area contributed by atoms with Gasteiger partial charge in [-0.15, -0.1) is 0 Å². The largest absolute Gasteiger partial charge is 0.482 e. The number of halogens is 2. The Kier molecular flexibility index (Phi) is 9.00. The number of aryl methyl sites for hydroxylation is 1. The van der Waals surface area contributed by atoms with Gasteiger partial charge in [-0.2, -0.15) is 0 Å². The lowest BCUT2D eigenvalue weighted by molar-refractivity contribution is -0.142. The number of benzene rings is 2. The van der Waals surface area contributed by atoms with Crippen molar-refractivity contribution >= 4 is 39.3 Å². The lowest BCUT2D eigenvalue weighted by atomic mass is 9.95. The Labute approximate surface area is 203 Å². The summed E-state index contributed by atoms with van der Waals surface area (Å²) < 4.78 is 6.52. The van der Waals surface area contributed by atoms with Crippen LogP contribution in [0.15, 0.2) is 46.9 Å². The fourth-order valence-corrected chi connectivity index (χ4v) is 4.58. The van der Waals surface area contributed by atoms with E-state index in [-0.39, 0.29) is 24.5 Å². The summed E-state index contributed by atoms with van der Waals surface area (Å²) in [5, 5.41) is 3.56. The smallest absolute Gasteiger partial charge is 0.261 e. The third-order valence-corrected chi connectivity index (χ3v) is 6.63. The van der Waals surface area contributed by atoms with E-state index < -0.39 is 6.04 Å². The first kappa shape index (κ1) is 24.6. The number of nitrogens with zero attached hydrogens (tertiary/aromatic N) is 1. The summed E-state index contributed by atoms with van der Waals surface area (Å²) in [6.07, 6.45) is 5.47.